The third-order valence-corrected chi connectivity index (χ3v) is 13.9. The number of fused-ring (bicyclic) bond motifs is 9. The summed E-state index contributed by atoms with van der Waals surface area (Å²) in [5.74, 6) is 0.275. The lowest BCUT2D eigenvalue weighted by Gasteiger charge is -2.28. The van der Waals surface area contributed by atoms with Gasteiger partial charge in [0.1, 0.15) is 16.9 Å². The topological polar surface area (TPSA) is 36.6 Å². The molecule has 12 rings (SSSR count). The van der Waals surface area contributed by atoms with Crippen molar-refractivity contribution < 1.29 is 9.52 Å². The Morgan fingerprint density at radius 3 is 1.58 bits per heavy atom. The van der Waals surface area contributed by atoms with Gasteiger partial charge in [0, 0.05) is 61.4 Å². The zero-order valence-electron chi connectivity index (χ0n) is 34.9. The molecule has 0 unspecified atom stereocenters. The molecule has 1 aromatic heterocycles. The van der Waals surface area contributed by atoms with Gasteiger partial charge in [-0.05, 0) is 99.0 Å². The van der Waals surface area contributed by atoms with E-state index in [1.807, 2.05) is 48.5 Å². The molecule has 0 amide bonds. The lowest BCUT2D eigenvalue weighted by Crippen LogP contribution is -2.22. The minimum atomic E-state index is -0.388. The highest BCUT2D eigenvalue weighted by Gasteiger charge is 2.42. The van der Waals surface area contributed by atoms with Crippen molar-refractivity contribution in [3.05, 3.63) is 228 Å². The fourth-order valence-corrected chi connectivity index (χ4v) is 10.8. The Balaban J connectivity index is 1.01. The first-order valence-corrected chi connectivity index (χ1v) is 21.5. The normalized spacial score (nSPS) is 14.0. The fraction of sp³-hybridized carbons (Fsp3) is 0.0847. The standard InChI is InChI=1S/C59H43NO2/c1-58(2)50-23-10-7-17-44(50)47-33-31-40(35-54(47)58)60(39-29-27-38(28-30-39)43-21-13-20-42(56(43)61)37-15-5-4-6-16-37)41-32-34-48-49-22-14-26-53(57(49)62-55(48)36-41)59(3)51-24-11-8-18-45(51)46-19-9-12-25-52(46)59/h4-36,61H,1-3H3. The van der Waals surface area contributed by atoms with E-state index in [4.69, 9.17) is 4.42 Å². The third-order valence-electron chi connectivity index (χ3n) is 13.9. The van der Waals surface area contributed by atoms with E-state index < -0.39 is 0 Å². The molecule has 0 bridgehead atoms. The second kappa shape index (κ2) is 13.4. The number of benzene rings is 9. The summed E-state index contributed by atoms with van der Waals surface area (Å²) < 4.78 is 7.09. The van der Waals surface area contributed by atoms with Crippen LogP contribution in [0, 0.1) is 0 Å². The molecule has 62 heavy (non-hydrogen) atoms. The maximum atomic E-state index is 11.6. The van der Waals surface area contributed by atoms with Crippen LogP contribution in [0.2, 0.25) is 0 Å². The average Bonchev–Trinajstić information content (AvgIpc) is 3.90. The minimum absolute atomic E-state index is 0.161. The van der Waals surface area contributed by atoms with Crippen LogP contribution < -0.4 is 4.90 Å². The molecular formula is C59H43NO2. The molecular weight excluding hydrogens is 755 g/mol. The number of hydrogen-bond donors (Lipinski definition) is 1. The molecule has 9 aromatic carbocycles. The minimum Gasteiger partial charge on any atom is -0.507 e. The molecule has 1 N–H and O–H groups in total. The maximum Gasteiger partial charge on any atom is 0.139 e. The molecule has 0 aliphatic heterocycles. The van der Waals surface area contributed by atoms with Gasteiger partial charge in [-0.15, -0.1) is 0 Å². The van der Waals surface area contributed by atoms with Crippen molar-refractivity contribution in [2.75, 3.05) is 4.90 Å². The van der Waals surface area contributed by atoms with Crippen LogP contribution in [0.25, 0.3) is 66.4 Å². The number of hydrogen-bond acceptors (Lipinski definition) is 3. The molecule has 2 aliphatic carbocycles. The molecule has 10 aromatic rings. The first-order valence-electron chi connectivity index (χ1n) is 21.5. The van der Waals surface area contributed by atoms with Crippen molar-refractivity contribution in [2.24, 2.45) is 0 Å². The summed E-state index contributed by atoms with van der Waals surface area (Å²) in [6.07, 6.45) is 0. The highest BCUT2D eigenvalue weighted by atomic mass is 16.3. The summed E-state index contributed by atoms with van der Waals surface area (Å²) in [7, 11) is 0. The van der Waals surface area contributed by atoms with Gasteiger partial charge >= 0.3 is 0 Å². The highest BCUT2D eigenvalue weighted by molar-refractivity contribution is 6.08. The molecule has 0 saturated carbocycles. The van der Waals surface area contributed by atoms with Crippen LogP contribution in [0.4, 0.5) is 17.1 Å². The summed E-state index contributed by atoms with van der Waals surface area (Å²) in [5.41, 5.74) is 19.4. The summed E-state index contributed by atoms with van der Waals surface area (Å²) in [6.45, 7) is 7.01. The number of anilines is 3. The number of rotatable bonds is 6. The molecule has 0 fully saturated rings. The monoisotopic (exact) mass is 797 g/mol. The predicted molar refractivity (Wildman–Crippen MR) is 256 cm³/mol. The Bertz CT molecular complexity index is 3360. The van der Waals surface area contributed by atoms with E-state index in [0.717, 1.165) is 66.8 Å². The van der Waals surface area contributed by atoms with Crippen LogP contribution in [0.3, 0.4) is 0 Å². The van der Waals surface area contributed by atoms with Crippen LogP contribution in [0.1, 0.15) is 48.6 Å². The second-order valence-electron chi connectivity index (χ2n) is 17.5. The summed E-state index contributed by atoms with van der Waals surface area (Å²) in [5, 5.41) is 13.8. The van der Waals surface area contributed by atoms with Crippen LogP contribution in [-0.4, -0.2) is 5.11 Å². The second-order valence-corrected chi connectivity index (χ2v) is 17.5. The van der Waals surface area contributed by atoms with Gasteiger partial charge in [0.05, 0.1) is 0 Å². The molecule has 0 atom stereocenters. The Hall–Kier alpha value is -7.62. The number of furan rings is 1. The Morgan fingerprint density at radius 1 is 0.387 bits per heavy atom. The molecule has 296 valence electrons. The van der Waals surface area contributed by atoms with E-state index >= 15 is 0 Å². The largest absolute Gasteiger partial charge is 0.507 e. The van der Waals surface area contributed by atoms with E-state index in [0.29, 0.717) is 0 Å². The van der Waals surface area contributed by atoms with Crippen molar-refractivity contribution in [3.63, 3.8) is 0 Å². The van der Waals surface area contributed by atoms with Gasteiger partial charge in [-0.25, -0.2) is 0 Å². The summed E-state index contributed by atoms with van der Waals surface area (Å²) >= 11 is 0. The number of phenols is 1. The fourth-order valence-electron chi connectivity index (χ4n) is 10.8. The summed E-state index contributed by atoms with van der Waals surface area (Å²) in [6, 6.07) is 71.2. The van der Waals surface area contributed by atoms with E-state index in [1.54, 1.807) is 0 Å². The predicted octanol–water partition coefficient (Wildman–Crippen LogP) is 15.7. The van der Waals surface area contributed by atoms with Crippen LogP contribution in [0.15, 0.2) is 205 Å². The number of aromatic hydroxyl groups is 1. The van der Waals surface area contributed by atoms with E-state index in [-0.39, 0.29) is 16.6 Å². The van der Waals surface area contributed by atoms with Crippen molar-refractivity contribution in [1.82, 2.24) is 0 Å². The first kappa shape index (κ1) is 36.2. The first-order chi connectivity index (χ1) is 30.3. The van der Waals surface area contributed by atoms with Crippen LogP contribution in [-0.2, 0) is 10.8 Å². The molecule has 2 aliphatic rings. The molecule has 0 spiro atoms. The zero-order valence-corrected chi connectivity index (χ0v) is 34.9. The lowest BCUT2D eigenvalue weighted by molar-refractivity contribution is 0.479. The summed E-state index contributed by atoms with van der Waals surface area (Å²) in [4.78, 5) is 2.34. The maximum absolute atomic E-state index is 11.6. The number of para-hydroxylation sites is 2. The van der Waals surface area contributed by atoms with Crippen molar-refractivity contribution in [2.45, 2.75) is 31.6 Å². The Morgan fingerprint density at radius 2 is 0.887 bits per heavy atom. The van der Waals surface area contributed by atoms with Gasteiger partial charge in [-0.3, -0.25) is 0 Å². The molecule has 1 heterocycles. The van der Waals surface area contributed by atoms with Gasteiger partial charge in [0.2, 0.25) is 0 Å². The van der Waals surface area contributed by atoms with Crippen molar-refractivity contribution in [3.8, 4) is 50.3 Å². The van der Waals surface area contributed by atoms with Crippen LogP contribution in [0.5, 0.6) is 5.75 Å². The Kier molecular flexibility index (Phi) is 7.86. The van der Waals surface area contributed by atoms with Gasteiger partial charge < -0.3 is 14.4 Å². The van der Waals surface area contributed by atoms with E-state index in [2.05, 4.69) is 177 Å². The van der Waals surface area contributed by atoms with Crippen molar-refractivity contribution in [1.29, 1.82) is 0 Å². The van der Waals surface area contributed by atoms with E-state index in [9.17, 15) is 5.11 Å². The molecule has 0 saturated heterocycles. The Labute approximate surface area is 361 Å². The van der Waals surface area contributed by atoms with Gasteiger partial charge in [-0.2, -0.15) is 0 Å². The van der Waals surface area contributed by atoms with Crippen molar-refractivity contribution >= 4 is 39.0 Å². The lowest BCUT2D eigenvalue weighted by atomic mass is 9.74. The SMILES string of the molecule is CC1(C)c2ccccc2-c2ccc(N(c3ccc(-c4cccc(-c5ccccc5)c4O)cc3)c3ccc4c(c3)oc3c(C5(C)c6ccccc6-c6ccccc65)cccc34)cc21. The van der Waals surface area contributed by atoms with Gasteiger partial charge in [0.15, 0.2) is 0 Å². The zero-order chi connectivity index (χ0) is 41.7. The molecule has 3 heteroatoms. The molecule has 3 nitrogen and oxygen atoms in total. The molecule has 0 radical (unpaired) electrons. The number of nitrogens with zero attached hydrogens (tertiary/aromatic N) is 1. The van der Waals surface area contributed by atoms with Crippen LogP contribution >= 0.6 is 0 Å². The van der Waals surface area contributed by atoms with Gasteiger partial charge in [-0.1, -0.05) is 172 Å². The third kappa shape index (κ3) is 5.18. The number of phenolic OH excluding ortho intramolecular Hbond substituents is 1. The quantitative estimate of drug-likeness (QED) is 0.182. The van der Waals surface area contributed by atoms with E-state index in [1.165, 1.54) is 44.5 Å². The smallest absolute Gasteiger partial charge is 0.139 e. The highest BCUT2D eigenvalue weighted by Crippen LogP contribution is 2.55. The van der Waals surface area contributed by atoms with Gasteiger partial charge in [0.25, 0.3) is 0 Å². The average molecular weight is 798 g/mol.